The van der Waals surface area contributed by atoms with E-state index in [1.165, 1.54) is 0 Å². The molecule has 0 aromatic carbocycles. The second kappa shape index (κ2) is 5.67. The Morgan fingerprint density at radius 2 is 1.87 bits per heavy atom. The molecule has 3 nitrogen and oxygen atoms in total. The van der Waals surface area contributed by atoms with Gasteiger partial charge in [-0.3, -0.25) is 4.90 Å². The summed E-state index contributed by atoms with van der Waals surface area (Å²) in [6.45, 7) is 3.10. The molecule has 1 fully saturated rings. The summed E-state index contributed by atoms with van der Waals surface area (Å²) in [6, 6.07) is 0. The summed E-state index contributed by atoms with van der Waals surface area (Å²) < 4.78 is 41.6. The van der Waals surface area contributed by atoms with Crippen molar-refractivity contribution in [2.45, 2.75) is 12.6 Å². The van der Waals surface area contributed by atoms with Crippen molar-refractivity contribution in [3.05, 3.63) is 0 Å². The molecule has 1 aliphatic heterocycles. The molecule has 1 heterocycles. The molecular formula is C9H17F3N2O. The first kappa shape index (κ1) is 12.7. The fourth-order valence-electron chi connectivity index (χ4n) is 1.70. The molecular weight excluding hydrogens is 209 g/mol. The molecule has 2 N–H and O–H groups in total. The number of nitrogens with zero attached hydrogens (tertiary/aromatic N) is 1. The van der Waals surface area contributed by atoms with Crippen molar-refractivity contribution in [2.75, 3.05) is 39.4 Å². The quantitative estimate of drug-likeness (QED) is 0.772. The largest absolute Gasteiger partial charge is 0.389 e. The van der Waals surface area contributed by atoms with Gasteiger partial charge in [0.1, 0.15) is 0 Å². The fraction of sp³-hybridized carbons (Fsp3) is 1.00. The Hall–Kier alpha value is -0.330. The van der Waals surface area contributed by atoms with Crippen molar-refractivity contribution >= 4 is 0 Å². The minimum absolute atomic E-state index is 0.0802. The molecule has 1 rings (SSSR count). The molecule has 0 saturated carbocycles. The van der Waals surface area contributed by atoms with E-state index < -0.39 is 18.5 Å². The van der Waals surface area contributed by atoms with E-state index in [-0.39, 0.29) is 6.54 Å². The standard InChI is InChI=1S/C9H17F3N2O/c10-9(11,12)5-8(6-13)7-14-1-3-15-4-2-14/h8H,1-7,13H2. The summed E-state index contributed by atoms with van der Waals surface area (Å²) in [4.78, 5) is 1.98. The second-order valence-electron chi connectivity index (χ2n) is 3.83. The third-order valence-corrected chi connectivity index (χ3v) is 2.47. The van der Waals surface area contributed by atoms with Gasteiger partial charge in [0.15, 0.2) is 0 Å². The van der Waals surface area contributed by atoms with E-state index in [9.17, 15) is 13.2 Å². The maximum absolute atomic E-state index is 12.1. The van der Waals surface area contributed by atoms with Crippen molar-refractivity contribution < 1.29 is 17.9 Å². The lowest BCUT2D eigenvalue weighted by molar-refractivity contribution is -0.145. The summed E-state index contributed by atoms with van der Waals surface area (Å²) >= 11 is 0. The average molecular weight is 226 g/mol. The van der Waals surface area contributed by atoms with Gasteiger partial charge in [-0.2, -0.15) is 13.2 Å². The van der Waals surface area contributed by atoms with E-state index in [4.69, 9.17) is 10.5 Å². The topological polar surface area (TPSA) is 38.5 Å². The van der Waals surface area contributed by atoms with Gasteiger partial charge >= 0.3 is 6.18 Å². The molecule has 1 atom stereocenters. The Morgan fingerprint density at radius 1 is 1.27 bits per heavy atom. The molecule has 0 radical (unpaired) electrons. The molecule has 0 aromatic rings. The molecule has 0 amide bonds. The number of rotatable bonds is 4. The normalized spacial score (nSPS) is 21.6. The molecule has 1 aliphatic rings. The van der Waals surface area contributed by atoms with Crippen LogP contribution in [0.15, 0.2) is 0 Å². The third-order valence-electron chi connectivity index (χ3n) is 2.47. The van der Waals surface area contributed by atoms with Crippen LogP contribution in [0.5, 0.6) is 0 Å². The Bertz CT molecular complexity index is 181. The van der Waals surface area contributed by atoms with Gasteiger partial charge in [0.2, 0.25) is 0 Å². The molecule has 90 valence electrons. The first-order chi connectivity index (χ1) is 7.01. The van der Waals surface area contributed by atoms with E-state index in [0.29, 0.717) is 32.8 Å². The number of alkyl halides is 3. The molecule has 1 unspecified atom stereocenters. The monoisotopic (exact) mass is 226 g/mol. The zero-order chi connectivity index (χ0) is 11.3. The van der Waals surface area contributed by atoms with Crippen molar-refractivity contribution in [3.63, 3.8) is 0 Å². The lowest BCUT2D eigenvalue weighted by atomic mass is 10.0. The van der Waals surface area contributed by atoms with E-state index >= 15 is 0 Å². The lowest BCUT2D eigenvalue weighted by Gasteiger charge is -2.30. The molecule has 0 aliphatic carbocycles. The number of morpholine rings is 1. The van der Waals surface area contributed by atoms with Gasteiger partial charge in [-0.15, -0.1) is 0 Å². The first-order valence-corrected chi connectivity index (χ1v) is 5.08. The van der Waals surface area contributed by atoms with Crippen LogP contribution in [-0.4, -0.2) is 50.5 Å². The van der Waals surface area contributed by atoms with E-state index in [1.807, 2.05) is 4.90 Å². The molecule has 0 aromatic heterocycles. The van der Waals surface area contributed by atoms with Crippen LogP contribution >= 0.6 is 0 Å². The predicted octanol–water partition coefficient (Wildman–Crippen LogP) is 0.846. The highest BCUT2D eigenvalue weighted by molar-refractivity contribution is 4.71. The molecule has 0 spiro atoms. The zero-order valence-electron chi connectivity index (χ0n) is 8.59. The Morgan fingerprint density at radius 3 is 2.33 bits per heavy atom. The highest BCUT2D eigenvalue weighted by Crippen LogP contribution is 2.24. The van der Waals surface area contributed by atoms with Crippen LogP contribution in [0.4, 0.5) is 13.2 Å². The average Bonchev–Trinajstić information content (AvgIpc) is 2.16. The number of nitrogens with two attached hydrogens (primary N) is 1. The molecule has 15 heavy (non-hydrogen) atoms. The summed E-state index contributed by atoms with van der Waals surface area (Å²) in [5.74, 6) is -0.497. The number of hydrogen-bond donors (Lipinski definition) is 1. The Kier molecular flexibility index (Phi) is 4.82. The van der Waals surface area contributed by atoms with Gasteiger partial charge in [-0.25, -0.2) is 0 Å². The minimum Gasteiger partial charge on any atom is -0.379 e. The summed E-state index contributed by atoms with van der Waals surface area (Å²) in [5.41, 5.74) is 5.34. The van der Waals surface area contributed by atoms with Gasteiger partial charge in [-0.05, 0) is 12.5 Å². The number of hydrogen-bond acceptors (Lipinski definition) is 3. The number of ether oxygens (including phenoxy) is 1. The minimum atomic E-state index is -4.11. The summed E-state index contributed by atoms with van der Waals surface area (Å²) in [5, 5.41) is 0. The van der Waals surface area contributed by atoms with Crippen LogP contribution < -0.4 is 5.73 Å². The van der Waals surface area contributed by atoms with E-state index in [2.05, 4.69) is 0 Å². The Balaban J connectivity index is 2.31. The first-order valence-electron chi connectivity index (χ1n) is 5.08. The van der Waals surface area contributed by atoms with Gasteiger partial charge < -0.3 is 10.5 Å². The highest BCUT2D eigenvalue weighted by atomic mass is 19.4. The van der Waals surface area contributed by atoms with Crippen molar-refractivity contribution in [1.82, 2.24) is 4.90 Å². The van der Waals surface area contributed by atoms with Gasteiger partial charge in [0, 0.05) is 26.1 Å². The van der Waals surface area contributed by atoms with Crippen molar-refractivity contribution in [3.8, 4) is 0 Å². The molecule has 1 saturated heterocycles. The highest BCUT2D eigenvalue weighted by Gasteiger charge is 2.32. The van der Waals surface area contributed by atoms with Crippen LogP contribution in [-0.2, 0) is 4.74 Å². The fourth-order valence-corrected chi connectivity index (χ4v) is 1.70. The van der Waals surface area contributed by atoms with Gasteiger partial charge in [0.25, 0.3) is 0 Å². The van der Waals surface area contributed by atoms with Gasteiger partial charge in [0.05, 0.1) is 13.2 Å². The lowest BCUT2D eigenvalue weighted by Crippen LogP contribution is -2.41. The van der Waals surface area contributed by atoms with Crippen LogP contribution in [0.2, 0.25) is 0 Å². The number of halogens is 3. The van der Waals surface area contributed by atoms with E-state index in [0.717, 1.165) is 0 Å². The SMILES string of the molecule is NCC(CN1CCOCC1)CC(F)(F)F. The van der Waals surface area contributed by atoms with Gasteiger partial charge in [-0.1, -0.05) is 0 Å². The second-order valence-corrected chi connectivity index (χ2v) is 3.83. The maximum atomic E-state index is 12.1. The molecule has 6 heteroatoms. The molecule has 0 bridgehead atoms. The van der Waals surface area contributed by atoms with E-state index in [1.54, 1.807) is 0 Å². The summed E-state index contributed by atoms with van der Waals surface area (Å²) in [6.07, 6.45) is -4.91. The van der Waals surface area contributed by atoms with Crippen LogP contribution in [0.1, 0.15) is 6.42 Å². The van der Waals surface area contributed by atoms with Crippen LogP contribution in [0.3, 0.4) is 0 Å². The predicted molar refractivity (Wildman–Crippen MR) is 50.5 cm³/mol. The van der Waals surface area contributed by atoms with Crippen molar-refractivity contribution in [2.24, 2.45) is 11.7 Å². The van der Waals surface area contributed by atoms with Crippen molar-refractivity contribution in [1.29, 1.82) is 0 Å². The summed E-state index contributed by atoms with van der Waals surface area (Å²) in [7, 11) is 0. The zero-order valence-corrected chi connectivity index (χ0v) is 8.59. The third kappa shape index (κ3) is 5.34. The van der Waals surface area contributed by atoms with Crippen LogP contribution in [0.25, 0.3) is 0 Å². The maximum Gasteiger partial charge on any atom is 0.389 e. The smallest absolute Gasteiger partial charge is 0.379 e. The van der Waals surface area contributed by atoms with Crippen LogP contribution in [0, 0.1) is 5.92 Å². The Labute approximate surface area is 87.4 Å².